The van der Waals surface area contributed by atoms with Gasteiger partial charge in [0, 0.05) is 25.7 Å². The molecule has 1 heterocycles. The van der Waals surface area contributed by atoms with Gasteiger partial charge in [-0.1, -0.05) is 48.5 Å². The van der Waals surface area contributed by atoms with Gasteiger partial charge < -0.3 is 9.80 Å². The van der Waals surface area contributed by atoms with Crippen molar-refractivity contribution in [3.8, 4) is 11.1 Å². The fourth-order valence-electron chi connectivity index (χ4n) is 2.99. The number of hydrogen-bond donors (Lipinski definition) is 0. The fourth-order valence-corrected chi connectivity index (χ4v) is 2.99. The molecule has 2 aromatic rings. The lowest BCUT2D eigenvalue weighted by atomic mass is 10.0. The van der Waals surface area contributed by atoms with E-state index in [1.807, 2.05) is 41.3 Å². The number of hydrogen-bond acceptors (Lipinski definition) is 2. The third kappa shape index (κ3) is 4.33. The molecule has 1 fully saturated rings. The highest BCUT2D eigenvalue weighted by Gasteiger charge is 2.15. The summed E-state index contributed by atoms with van der Waals surface area (Å²) in [6.07, 6.45) is 4.67. The molecule has 1 amide bonds. The lowest BCUT2D eigenvalue weighted by Crippen LogP contribution is -2.33. The Kier molecular flexibility index (Phi) is 5.44. The number of likely N-dealkylation sites (N-methyl/N-ethyl adjacent to an activating group) is 1. The second-order valence-electron chi connectivity index (χ2n) is 6.31. The van der Waals surface area contributed by atoms with Gasteiger partial charge in [-0.15, -0.1) is 0 Å². The van der Waals surface area contributed by atoms with Crippen molar-refractivity contribution >= 4 is 12.0 Å². The summed E-state index contributed by atoms with van der Waals surface area (Å²) in [6, 6.07) is 18.6. The number of amides is 1. The first kappa shape index (κ1) is 16.5. The molecule has 0 saturated carbocycles. The van der Waals surface area contributed by atoms with Crippen LogP contribution in [0.5, 0.6) is 0 Å². The maximum Gasteiger partial charge on any atom is 0.246 e. The van der Waals surface area contributed by atoms with Gasteiger partial charge in [-0.3, -0.25) is 4.79 Å². The van der Waals surface area contributed by atoms with E-state index in [4.69, 9.17) is 0 Å². The number of rotatable bonds is 3. The van der Waals surface area contributed by atoms with E-state index in [2.05, 4.69) is 36.2 Å². The zero-order valence-electron chi connectivity index (χ0n) is 14.2. The minimum absolute atomic E-state index is 0.107. The topological polar surface area (TPSA) is 23.6 Å². The molecule has 24 heavy (non-hydrogen) atoms. The van der Waals surface area contributed by atoms with Crippen LogP contribution in [0.2, 0.25) is 0 Å². The third-order valence-corrected chi connectivity index (χ3v) is 4.44. The van der Waals surface area contributed by atoms with E-state index in [1.54, 1.807) is 6.08 Å². The number of carbonyl (C=O) groups excluding carboxylic acids is 1. The summed E-state index contributed by atoms with van der Waals surface area (Å²) in [5.74, 6) is 0.107. The van der Waals surface area contributed by atoms with Crippen LogP contribution in [0, 0.1) is 0 Å². The van der Waals surface area contributed by atoms with Crippen LogP contribution in [-0.4, -0.2) is 48.9 Å². The third-order valence-electron chi connectivity index (χ3n) is 4.44. The molecule has 124 valence electrons. The van der Waals surface area contributed by atoms with Crippen molar-refractivity contribution in [1.29, 1.82) is 0 Å². The largest absolute Gasteiger partial charge is 0.338 e. The smallest absolute Gasteiger partial charge is 0.246 e. The van der Waals surface area contributed by atoms with Gasteiger partial charge in [-0.2, -0.15) is 0 Å². The average Bonchev–Trinajstić information content (AvgIpc) is 2.85. The van der Waals surface area contributed by atoms with Crippen LogP contribution in [-0.2, 0) is 4.79 Å². The summed E-state index contributed by atoms with van der Waals surface area (Å²) in [4.78, 5) is 16.6. The predicted octanol–water partition coefficient (Wildman–Crippen LogP) is 3.53. The molecule has 1 saturated heterocycles. The Hall–Kier alpha value is -2.39. The van der Waals surface area contributed by atoms with Crippen LogP contribution in [0.25, 0.3) is 17.2 Å². The maximum atomic E-state index is 12.4. The molecule has 0 spiro atoms. The normalized spacial score (nSPS) is 16.3. The van der Waals surface area contributed by atoms with Crippen LogP contribution in [0.15, 0.2) is 60.7 Å². The maximum absolute atomic E-state index is 12.4. The Bertz CT molecular complexity index is 709. The van der Waals surface area contributed by atoms with Crippen molar-refractivity contribution in [3.63, 3.8) is 0 Å². The molecular weight excluding hydrogens is 296 g/mol. The zero-order valence-corrected chi connectivity index (χ0v) is 14.2. The first-order valence-electron chi connectivity index (χ1n) is 8.53. The summed E-state index contributed by atoms with van der Waals surface area (Å²) in [6.45, 7) is 3.66. The second-order valence-corrected chi connectivity index (χ2v) is 6.31. The Morgan fingerprint density at radius 2 is 1.71 bits per heavy atom. The van der Waals surface area contributed by atoms with Crippen molar-refractivity contribution in [2.75, 3.05) is 33.2 Å². The molecule has 0 atom stereocenters. The molecular formula is C21H24N2O. The predicted molar refractivity (Wildman–Crippen MR) is 99.6 cm³/mol. The van der Waals surface area contributed by atoms with Crippen molar-refractivity contribution in [1.82, 2.24) is 9.80 Å². The Labute approximate surface area is 144 Å². The highest BCUT2D eigenvalue weighted by Crippen LogP contribution is 2.20. The summed E-state index contributed by atoms with van der Waals surface area (Å²) in [7, 11) is 2.11. The molecule has 3 rings (SSSR count). The van der Waals surface area contributed by atoms with Crippen molar-refractivity contribution in [3.05, 3.63) is 66.2 Å². The molecule has 3 nitrogen and oxygen atoms in total. The van der Waals surface area contributed by atoms with Crippen molar-refractivity contribution in [2.24, 2.45) is 0 Å². The minimum atomic E-state index is 0.107. The first-order valence-corrected chi connectivity index (χ1v) is 8.53. The van der Waals surface area contributed by atoms with Gasteiger partial charge in [0.1, 0.15) is 0 Å². The van der Waals surface area contributed by atoms with Crippen molar-refractivity contribution < 1.29 is 4.79 Å². The highest BCUT2D eigenvalue weighted by molar-refractivity contribution is 5.92. The Morgan fingerprint density at radius 3 is 2.54 bits per heavy atom. The summed E-state index contributed by atoms with van der Waals surface area (Å²) in [5.41, 5.74) is 3.41. The lowest BCUT2D eigenvalue weighted by molar-refractivity contribution is -0.125. The second kappa shape index (κ2) is 7.93. The van der Waals surface area contributed by atoms with Crippen LogP contribution in [0.1, 0.15) is 12.0 Å². The monoisotopic (exact) mass is 320 g/mol. The zero-order chi connectivity index (χ0) is 16.8. The molecule has 0 aliphatic carbocycles. The highest BCUT2D eigenvalue weighted by atomic mass is 16.2. The lowest BCUT2D eigenvalue weighted by Gasteiger charge is -2.18. The molecule has 1 aliphatic heterocycles. The van der Waals surface area contributed by atoms with E-state index in [0.29, 0.717) is 0 Å². The van der Waals surface area contributed by atoms with E-state index < -0.39 is 0 Å². The molecule has 1 aliphatic rings. The number of nitrogens with zero attached hydrogens (tertiary/aromatic N) is 2. The molecule has 0 aromatic heterocycles. The number of carbonyl (C=O) groups is 1. The van der Waals surface area contributed by atoms with E-state index in [0.717, 1.165) is 38.2 Å². The standard InChI is InChI=1S/C21H24N2O/c1-22-13-6-14-23(16-15-22)21(24)12-11-18-7-5-10-20(17-18)19-8-3-2-4-9-19/h2-5,7-12,17H,6,13-16H2,1H3/b12-11+. The van der Waals surface area contributed by atoms with Crippen LogP contribution < -0.4 is 0 Å². The van der Waals surface area contributed by atoms with Gasteiger partial charge >= 0.3 is 0 Å². The fraction of sp³-hybridized carbons (Fsp3) is 0.286. The molecule has 0 radical (unpaired) electrons. The average molecular weight is 320 g/mol. The molecule has 0 unspecified atom stereocenters. The number of benzene rings is 2. The first-order chi connectivity index (χ1) is 11.7. The minimum Gasteiger partial charge on any atom is -0.338 e. The van der Waals surface area contributed by atoms with Gasteiger partial charge in [0.25, 0.3) is 0 Å². The summed E-state index contributed by atoms with van der Waals surface area (Å²) >= 11 is 0. The Morgan fingerprint density at radius 1 is 0.917 bits per heavy atom. The van der Waals surface area contributed by atoms with Crippen molar-refractivity contribution in [2.45, 2.75) is 6.42 Å². The van der Waals surface area contributed by atoms with Gasteiger partial charge in [0.2, 0.25) is 5.91 Å². The van der Waals surface area contributed by atoms with Gasteiger partial charge in [-0.25, -0.2) is 0 Å². The van der Waals surface area contributed by atoms with Gasteiger partial charge in [0.05, 0.1) is 0 Å². The van der Waals surface area contributed by atoms with Gasteiger partial charge in [0.15, 0.2) is 0 Å². The summed E-state index contributed by atoms with van der Waals surface area (Å²) < 4.78 is 0. The van der Waals surface area contributed by atoms with E-state index >= 15 is 0 Å². The van der Waals surface area contributed by atoms with Crippen LogP contribution >= 0.6 is 0 Å². The molecule has 0 bridgehead atoms. The van der Waals surface area contributed by atoms with E-state index in [-0.39, 0.29) is 5.91 Å². The van der Waals surface area contributed by atoms with Crippen LogP contribution in [0.4, 0.5) is 0 Å². The van der Waals surface area contributed by atoms with E-state index in [1.165, 1.54) is 11.1 Å². The van der Waals surface area contributed by atoms with Gasteiger partial charge in [-0.05, 0) is 48.8 Å². The van der Waals surface area contributed by atoms with Crippen LogP contribution in [0.3, 0.4) is 0 Å². The quantitative estimate of drug-likeness (QED) is 0.808. The molecule has 3 heteroatoms. The Balaban J connectivity index is 1.69. The SMILES string of the molecule is CN1CCCN(C(=O)/C=C/c2cccc(-c3ccccc3)c2)CC1. The van der Waals surface area contributed by atoms with E-state index in [9.17, 15) is 4.79 Å². The molecule has 0 N–H and O–H groups in total. The summed E-state index contributed by atoms with van der Waals surface area (Å²) in [5, 5.41) is 0. The molecule has 2 aromatic carbocycles.